The fourth-order valence-corrected chi connectivity index (χ4v) is 2.85. The molecule has 2 aromatic rings. The van der Waals surface area contributed by atoms with Gasteiger partial charge < -0.3 is 0 Å². The van der Waals surface area contributed by atoms with Crippen LogP contribution in [-0.4, -0.2) is 18.7 Å². The lowest BCUT2D eigenvalue weighted by Gasteiger charge is -2.10. The average Bonchev–Trinajstić information content (AvgIpc) is 2.29. The molecule has 0 unspecified atom stereocenters. The van der Waals surface area contributed by atoms with Gasteiger partial charge in [0.1, 0.15) is 11.3 Å². The lowest BCUT2D eigenvalue weighted by molar-refractivity contribution is 0.587. The maximum Gasteiger partial charge on any atom is 0.181 e. The Labute approximate surface area is 99.2 Å². The summed E-state index contributed by atoms with van der Waals surface area (Å²) in [5.74, 6) is -0.511. The second-order valence-corrected chi connectivity index (χ2v) is 6.51. The molecule has 0 saturated heterocycles. The number of pyridine rings is 1. The van der Waals surface area contributed by atoms with E-state index >= 15 is 0 Å². The Morgan fingerprint density at radius 1 is 1.24 bits per heavy atom. The highest BCUT2D eigenvalue weighted by molar-refractivity contribution is 7.92. The van der Waals surface area contributed by atoms with Gasteiger partial charge in [0.25, 0.3) is 0 Å². The minimum atomic E-state index is -3.43. The molecular weight excluding hydrogens is 241 g/mol. The number of aromatic nitrogens is 1. The third kappa shape index (κ3) is 1.91. The molecule has 0 aliphatic rings. The van der Waals surface area contributed by atoms with E-state index in [2.05, 4.69) is 4.98 Å². The minimum absolute atomic E-state index is 0.0919. The van der Waals surface area contributed by atoms with Crippen molar-refractivity contribution in [1.29, 1.82) is 0 Å². The van der Waals surface area contributed by atoms with Crippen LogP contribution in [0.25, 0.3) is 10.9 Å². The molecular formula is C12H12FNO2S. The second kappa shape index (κ2) is 4.07. The summed E-state index contributed by atoms with van der Waals surface area (Å²) in [4.78, 5) is 4.01. The van der Waals surface area contributed by atoms with Crippen LogP contribution in [0.4, 0.5) is 4.39 Å². The van der Waals surface area contributed by atoms with Crippen LogP contribution < -0.4 is 0 Å². The number of nitrogens with zero attached hydrogens (tertiary/aromatic N) is 1. The van der Waals surface area contributed by atoms with Crippen molar-refractivity contribution in [2.45, 2.75) is 24.0 Å². The fraction of sp³-hybridized carbons (Fsp3) is 0.250. The van der Waals surface area contributed by atoms with E-state index < -0.39 is 20.9 Å². The van der Waals surface area contributed by atoms with Gasteiger partial charge in [0.15, 0.2) is 9.84 Å². The summed E-state index contributed by atoms with van der Waals surface area (Å²) >= 11 is 0. The Hall–Kier alpha value is -1.49. The number of halogens is 1. The van der Waals surface area contributed by atoms with Crippen molar-refractivity contribution < 1.29 is 12.8 Å². The summed E-state index contributed by atoms with van der Waals surface area (Å²) in [6, 6.07) is 5.61. The van der Waals surface area contributed by atoms with Crippen molar-refractivity contribution in [3.8, 4) is 0 Å². The molecule has 0 atom stereocenters. The van der Waals surface area contributed by atoms with E-state index in [4.69, 9.17) is 0 Å². The summed E-state index contributed by atoms with van der Waals surface area (Å²) in [6.07, 6.45) is 1.44. The summed E-state index contributed by atoms with van der Waals surface area (Å²) in [6.45, 7) is 3.20. The molecule has 1 aromatic carbocycles. The van der Waals surface area contributed by atoms with Crippen LogP contribution in [0, 0.1) is 5.82 Å². The molecule has 0 radical (unpaired) electrons. The van der Waals surface area contributed by atoms with Gasteiger partial charge in [0, 0.05) is 11.6 Å². The highest BCUT2D eigenvalue weighted by Crippen LogP contribution is 2.26. The van der Waals surface area contributed by atoms with E-state index in [9.17, 15) is 12.8 Å². The van der Waals surface area contributed by atoms with Crippen molar-refractivity contribution in [3.05, 3.63) is 36.3 Å². The first kappa shape index (κ1) is 12.0. The van der Waals surface area contributed by atoms with Crippen LogP contribution in [0.5, 0.6) is 0 Å². The Morgan fingerprint density at radius 3 is 2.59 bits per heavy atom. The molecule has 90 valence electrons. The quantitative estimate of drug-likeness (QED) is 0.773. The molecule has 0 fully saturated rings. The fourth-order valence-electron chi connectivity index (χ4n) is 1.61. The van der Waals surface area contributed by atoms with E-state index in [0.29, 0.717) is 5.39 Å². The number of fused-ring (bicyclic) bond motifs is 1. The van der Waals surface area contributed by atoms with E-state index in [-0.39, 0.29) is 10.4 Å². The Bertz CT molecular complexity index is 665. The van der Waals surface area contributed by atoms with Gasteiger partial charge in [0.2, 0.25) is 0 Å². The van der Waals surface area contributed by atoms with Crippen LogP contribution in [0.2, 0.25) is 0 Å². The molecule has 0 spiro atoms. The zero-order valence-electron chi connectivity index (χ0n) is 9.51. The van der Waals surface area contributed by atoms with Crippen molar-refractivity contribution in [2.24, 2.45) is 0 Å². The molecule has 17 heavy (non-hydrogen) atoms. The monoisotopic (exact) mass is 253 g/mol. The molecule has 2 rings (SSSR count). The van der Waals surface area contributed by atoms with Crippen molar-refractivity contribution in [3.63, 3.8) is 0 Å². The third-order valence-corrected chi connectivity index (χ3v) is 4.82. The SMILES string of the molecule is CC(C)S(=O)(=O)c1ccc(F)c2ncccc12. The molecule has 0 aliphatic carbocycles. The zero-order chi connectivity index (χ0) is 12.6. The molecule has 3 nitrogen and oxygen atoms in total. The Morgan fingerprint density at radius 2 is 1.94 bits per heavy atom. The first-order chi connectivity index (χ1) is 7.94. The standard InChI is InChI=1S/C12H12FNO2S/c1-8(2)17(15,16)11-6-5-10(13)12-9(11)4-3-7-14-12/h3-8H,1-2H3. The lowest BCUT2D eigenvalue weighted by atomic mass is 10.2. The van der Waals surface area contributed by atoms with Gasteiger partial charge in [0.05, 0.1) is 10.1 Å². The largest absolute Gasteiger partial charge is 0.253 e. The molecule has 0 saturated carbocycles. The van der Waals surface area contributed by atoms with Crippen molar-refractivity contribution >= 4 is 20.7 Å². The first-order valence-corrected chi connectivity index (χ1v) is 6.76. The van der Waals surface area contributed by atoms with Gasteiger partial charge in [-0.15, -0.1) is 0 Å². The molecule has 0 N–H and O–H groups in total. The van der Waals surface area contributed by atoms with E-state index in [1.54, 1.807) is 26.0 Å². The van der Waals surface area contributed by atoms with Gasteiger partial charge in [-0.05, 0) is 38.1 Å². The predicted molar refractivity (Wildman–Crippen MR) is 64.0 cm³/mol. The smallest absolute Gasteiger partial charge is 0.181 e. The van der Waals surface area contributed by atoms with Crippen LogP contribution in [0.15, 0.2) is 35.4 Å². The summed E-state index contributed by atoms with van der Waals surface area (Å²) in [5.41, 5.74) is 0.0919. The van der Waals surface area contributed by atoms with Crippen LogP contribution >= 0.6 is 0 Å². The van der Waals surface area contributed by atoms with Gasteiger partial charge in [-0.25, -0.2) is 12.8 Å². The molecule has 1 aromatic heterocycles. The van der Waals surface area contributed by atoms with E-state index in [0.717, 1.165) is 6.07 Å². The van der Waals surface area contributed by atoms with Crippen molar-refractivity contribution in [2.75, 3.05) is 0 Å². The van der Waals surface area contributed by atoms with Gasteiger partial charge in [-0.1, -0.05) is 0 Å². The molecule has 0 bridgehead atoms. The van der Waals surface area contributed by atoms with E-state index in [1.807, 2.05) is 0 Å². The normalized spacial score (nSPS) is 12.2. The molecule has 1 heterocycles. The molecule has 5 heteroatoms. The van der Waals surface area contributed by atoms with Gasteiger partial charge in [-0.2, -0.15) is 0 Å². The zero-order valence-corrected chi connectivity index (χ0v) is 10.3. The van der Waals surface area contributed by atoms with Crippen LogP contribution in [0.1, 0.15) is 13.8 Å². The first-order valence-electron chi connectivity index (χ1n) is 5.21. The number of rotatable bonds is 2. The third-order valence-electron chi connectivity index (χ3n) is 2.61. The van der Waals surface area contributed by atoms with Crippen LogP contribution in [0.3, 0.4) is 0 Å². The van der Waals surface area contributed by atoms with Gasteiger partial charge >= 0.3 is 0 Å². The highest BCUT2D eigenvalue weighted by Gasteiger charge is 2.22. The summed E-state index contributed by atoms with van der Waals surface area (Å²) < 4.78 is 37.7. The number of hydrogen-bond acceptors (Lipinski definition) is 3. The minimum Gasteiger partial charge on any atom is -0.253 e. The highest BCUT2D eigenvalue weighted by atomic mass is 32.2. The van der Waals surface area contributed by atoms with Crippen LogP contribution in [-0.2, 0) is 9.84 Å². The molecule has 0 amide bonds. The molecule has 0 aliphatic heterocycles. The number of sulfone groups is 1. The predicted octanol–water partition coefficient (Wildman–Crippen LogP) is 2.56. The summed E-state index contributed by atoms with van der Waals surface area (Å²) in [7, 11) is -3.43. The maximum absolute atomic E-state index is 13.5. The van der Waals surface area contributed by atoms with Gasteiger partial charge in [-0.3, -0.25) is 4.98 Å². The average molecular weight is 253 g/mol. The van der Waals surface area contributed by atoms with Crippen molar-refractivity contribution in [1.82, 2.24) is 4.98 Å². The number of hydrogen-bond donors (Lipinski definition) is 0. The van der Waals surface area contributed by atoms with E-state index in [1.165, 1.54) is 12.3 Å². The lowest BCUT2D eigenvalue weighted by Crippen LogP contribution is -2.14. The summed E-state index contributed by atoms with van der Waals surface area (Å²) in [5, 5.41) is -0.211. The Kier molecular flexibility index (Phi) is 2.87. The topological polar surface area (TPSA) is 47.0 Å². The number of benzene rings is 1. The second-order valence-electron chi connectivity index (χ2n) is 4.04. The maximum atomic E-state index is 13.5. The Balaban J connectivity index is 2.86.